The fourth-order valence-corrected chi connectivity index (χ4v) is 10.8. The molecule has 11 heteroatoms. The quantitative estimate of drug-likeness (QED) is 0.196. The Kier molecular flexibility index (Phi) is 18.3. The maximum Gasteiger partial charge on any atom is 2.00 e. The van der Waals surface area contributed by atoms with Gasteiger partial charge in [0, 0.05) is 40.2 Å². The van der Waals surface area contributed by atoms with Gasteiger partial charge in [-0.05, 0) is 99.8 Å². The Balaban J connectivity index is 0.0000122. The number of ether oxygens (including phenoxy) is 2. The van der Waals surface area contributed by atoms with Gasteiger partial charge in [0.1, 0.15) is 23.6 Å². The monoisotopic (exact) mass is 994 g/mol. The van der Waals surface area contributed by atoms with Crippen LogP contribution in [0.2, 0.25) is 0 Å². The normalized spacial score (nSPS) is 26.8. The van der Waals surface area contributed by atoms with E-state index >= 15 is 9.59 Å². The first-order valence-corrected chi connectivity index (χ1v) is 25.5. The summed E-state index contributed by atoms with van der Waals surface area (Å²) in [5, 5.41) is 8.12. The molecule has 0 radical (unpaired) electrons. The number of aliphatic imine (C=N–C) groups is 1. The molecule has 68 heavy (non-hydrogen) atoms. The Morgan fingerprint density at radius 2 is 1.03 bits per heavy atom. The number of anilines is 1. The number of hydrogen-bond donors (Lipinski definition) is 2. The van der Waals surface area contributed by atoms with Gasteiger partial charge >= 0.3 is 31.4 Å². The van der Waals surface area contributed by atoms with Gasteiger partial charge in [-0.3, -0.25) is 9.59 Å². The van der Waals surface area contributed by atoms with Gasteiger partial charge in [0.05, 0.1) is 5.57 Å². The number of amidine groups is 1. The summed E-state index contributed by atoms with van der Waals surface area (Å²) >= 11 is 0. The summed E-state index contributed by atoms with van der Waals surface area (Å²) in [6.07, 6.45) is 4.84. The number of esters is 2. The molecule has 2 saturated carbocycles. The average Bonchev–Trinajstić information content (AvgIpc) is 3.67. The third-order valence-corrected chi connectivity index (χ3v) is 14.8. The average molecular weight is 996 g/mol. The number of nitrogens with one attached hydrogen (secondary N) is 2. The van der Waals surface area contributed by atoms with Crippen molar-refractivity contribution in [3.63, 3.8) is 0 Å². The summed E-state index contributed by atoms with van der Waals surface area (Å²) in [7, 11) is 0. The van der Waals surface area contributed by atoms with E-state index in [1.807, 2.05) is 54.5 Å². The predicted octanol–water partition coefficient (Wildman–Crippen LogP) is 14.7. The van der Waals surface area contributed by atoms with Crippen molar-refractivity contribution in [2.45, 2.75) is 210 Å². The zero-order valence-corrected chi connectivity index (χ0v) is 50.2. The fourth-order valence-electron chi connectivity index (χ4n) is 10.8. The molecule has 4 atom stereocenters. The van der Waals surface area contributed by atoms with Gasteiger partial charge < -0.3 is 30.1 Å². The second kappa shape index (κ2) is 21.0. The van der Waals surface area contributed by atoms with Crippen molar-refractivity contribution >= 4 is 41.5 Å². The smallest absolute Gasteiger partial charge is 0.458 e. The number of carbonyl (C=O) groups is 4. The summed E-state index contributed by atoms with van der Waals surface area (Å²) in [6.45, 7) is 50.2. The van der Waals surface area contributed by atoms with E-state index in [1.54, 1.807) is 20.8 Å². The largest absolute Gasteiger partial charge is 2.00 e. The van der Waals surface area contributed by atoms with Crippen LogP contribution < -0.4 is 5.32 Å². The number of carbonyl (C=O) groups excluding carboxylic acids is 4. The number of hydrogen-bond acceptors (Lipinski definition) is 6. The van der Waals surface area contributed by atoms with Crippen LogP contribution in [-0.2, 0) is 43.3 Å². The van der Waals surface area contributed by atoms with E-state index < -0.39 is 28.7 Å². The molecule has 0 saturated heterocycles. The molecule has 4 unspecified atom stereocenters. The van der Waals surface area contributed by atoms with Gasteiger partial charge in [0.2, 0.25) is 5.91 Å². The summed E-state index contributed by atoms with van der Waals surface area (Å²) in [5.74, 6) is -0.564. The molecule has 1 aromatic rings. The molecule has 2 heterocycles. The zero-order chi connectivity index (χ0) is 51.5. The molecule has 10 nitrogen and oxygen atoms in total. The van der Waals surface area contributed by atoms with Crippen LogP contribution in [0.1, 0.15) is 219 Å². The molecule has 2 amide bonds. The van der Waals surface area contributed by atoms with Gasteiger partial charge in [-0.2, -0.15) is 0 Å². The SMILES string of the molecule is CC1CC(C(C)(C)C)C(OC(=O)C2=C(C(C)C)/C(=C/c3[nH]c(NC(=O)C(C)(C)C)c(C(=O)OC4C(C(C)(C)C)CC(C)CC4C(C)(C)C)c3C(C)C)[N-]C2=NC(=O)C(C)(C)C)C(C(C)(C)C)C1.[Zn+2]. The summed E-state index contributed by atoms with van der Waals surface area (Å²) in [6, 6.07) is 0. The second-order valence-corrected chi connectivity index (χ2v) is 27.9. The first-order valence-electron chi connectivity index (χ1n) is 25.5. The van der Waals surface area contributed by atoms with E-state index in [4.69, 9.17) is 14.8 Å². The predicted molar refractivity (Wildman–Crippen MR) is 276 cm³/mol. The van der Waals surface area contributed by atoms with Crippen molar-refractivity contribution in [1.82, 2.24) is 4.98 Å². The van der Waals surface area contributed by atoms with Crippen LogP contribution in [0, 0.1) is 73.9 Å². The van der Waals surface area contributed by atoms with Crippen molar-refractivity contribution in [2.75, 3.05) is 5.32 Å². The first kappa shape index (κ1) is 59.2. The number of aromatic nitrogens is 1. The van der Waals surface area contributed by atoms with E-state index in [2.05, 4.69) is 112 Å². The van der Waals surface area contributed by atoms with Crippen LogP contribution in [0.25, 0.3) is 11.4 Å². The minimum absolute atomic E-state index is 0. The fraction of sp³-hybridized carbons (Fsp3) is 0.772. The molecule has 2 N–H and O–H groups in total. The second-order valence-electron chi connectivity index (χ2n) is 27.9. The van der Waals surface area contributed by atoms with Crippen LogP contribution in [0.3, 0.4) is 0 Å². The minimum Gasteiger partial charge on any atom is -0.458 e. The molecule has 0 aromatic carbocycles. The molecular formula is C57H93N4O6Zn+. The van der Waals surface area contributed by atoms with Gasteiger partial charge in [-0.25, -0.2) is 9.59 Å². The third kappa shape index (κ3) is 13.7. The van der Waals surface area contributed by atoms with E-state index in [-0.39, 0.29) is 118 Å². The maximum absolute atomic E-state index is 15.2. The first-order chi connectivity index (χ1) is 30.2. The molecule has 378 valence electrons. The molecule has 2 fully saturated rings. The molecule has 0 bridgehead atoms. The van der Waals surface area contributed by atoms with Crippen molar-refractivity contribution in [2.24, 2.45) is 78.9 Å². The molecule has 1 aliphatic heterocycles. The van der Waals surface area contributed by atoms with Crippen LogP contribution in [0.5, 0.6) is 0 Å². The van der Waals surface area contributed by atoms with Gasteiger partial charge in [0.25, 0.3) is 0 Å². The molecular weight excluding hydrogens is 902 g/mol. The van der Waals surface area contributed by atoms with Gasteiger partial charge in [0.15, 0.2) is 5.91 Å². The van der Waals surface area contributed by atoms with Crippen molar-refractivity contribution in [1.29, 1.82) is 0 Å². The molecule has 4 rings (SSSR count). The number of aromatic amines is 1. The molecule has 3 aliphatic rings. The summed E-state index contributed by atoms with van der Waals surface area (Å²) in [4.78, 5) is 66.0. The van der Waals surface area contributed by atoms with Gasteiger partial charge in [-0.1, -0.05) is 166 Å². The number of H-pyrrole nitrogens is 1. The standard InChI is InChI=1S/C57H94N4O6.Zn/c1-30(2)40-38(58-46(60-50(64)56(19,20)21)42(40)48(62)66-44-34(52(7,8)9)25-32(5)26-35(44)53(10,11)12)29-39-41(31(3)4)43(47(59-39)61-51(65)57(22,23)24)49(63)67-45-36(54(13,14)15)27-33(6)28-37(45)55(16,17)18;/h29-37,44-45H,25-28H2,1-24H3,(H3,58,59,60,61,62,63,64,65);/q;+2/p-1. The van der Waals surface area contributed by atoms with Crippen LogP contribution >= 0.6 is 0 Å². The topological polar surface area (TPSA) is 141 Å². The number of amides is 2. The third-order valence-electron chi connectivity index (χ3n) is 14.8. The Bertz CT molecular complexity index is 2070. The molecule has 2 aliphatic carbocycles. The van der Waals surface area contributed by atoms with E-state index in [0.29, 0.717) is 34.4 Å². The number of rotatable bonds is 8. The van der Waals surface area contributed by atoms with Crippen LogP contribution in [0.4, 0.5) is 5.82 Å². The van der Waals surface area contributed by atoms with Crippen LogP contribution in [0.15, 0.2) is 21.8 Å². The number of nitrogens with zero attached hydrogens (tertiary/aromatic N) is 2. The van der Waals surface area contributed by atoms with E-state index in [9.17, 15) is 9.59 Å². The number of allylic oxidation sites excluding steroid dienone is 1. The Morgan fingerprint density at radius 1 is 0.632 bits per heavy atom. The van der Waals surface area contributed by atoms with Crippen molar-refractivity contribution in [3.05, 3.63) is 39.0 Å². The van der Waals surface area contributed by atoms with Crippen molar-refractivity contribution < 1.29 is 48.1 Å². The van der Waals surface area contributed by atoms with E-state index in [0.717, 1.165) is 25.7 Å². The zero-order valence-electron chi connectivity index (χ0n) is 47.2. The van der Waals surface area contributed by atoms with E-state index in [1.165, 1.54) is 0 Å². The Labute approximate surface area is 425 Å². The minimum atomic E-state index is -0.843. The maximum atomic E-state index is 15.2. The molecule has 0 spiro atoms. The van der Waals surface area contributed by atoms with Crippen LogP contribution in [-0.4, -0.2) is 46.8 Å². The Morgan fingerprint density at radius 3 is 1.37 bits per heavy atom. The summed E-state index contributed by atoms with van der Waals surface area (Å²) < 4.78 is 13.7. The van der Waals surface area contributed by atoms with Crippen molar-refractivity contribution in [3.8, 4) is 0 Å². The Hall–Kier alpha value is -3.07. The van der Waals surface area contributed by atoms with Gasteiger partial charge in [-0.15, -0.1) is 0 Å². The summed E-state index contributed by atoms with van der Waals surface area (Å²) in [5.41, 5.74) is 0.516. The molecule has 1 aromatic heterocycles.